The molecular formula is C15H23NO2. The van der Waals surface area contributed by atoms with Gasteiger partial charge in [-0.05, 0) is 29.0 Å². The summed E-state index contributed by atoms with van der Waals surface area (Å²) < 4.78 is 10.7. The first-order valence-electron chi connectivity index (χ1n) is 6.58. The van der Waals surface area contributed by atoms with Crippen LogP contribution in [-0.2, 0) is 6.54 Å². The van der Waals surface area contributed by atoms with E-state index in [2.05, 4.69) is 45.1 Å². The second-order valence-electron chi connectivity index (χ2n) is 5.93. The molecule has 2 rings (SSSR count). The van der Waals surface area contributed by atoms with Crippen molar-refractivity contribution < 1.29 is 9.47 Å². The quantitative estimate of drug-likeness (QED) is 0.869. The number of hydrogen-bond donors (Lipinski definition) is 1. The van der Waals surface area contributed by atoms with Gasteiger partial charge in [0.15, 0.2) is 11.5 Å². The molecule has 0 fully saturated rings. The third kappa shape index (κ3) is 2.96. The minimum Gasteiger partial charge on any atom is -0.454 e. The first kappa shape index (κ1) is 13.2. The molecule has 0 atom stereocenters. The van der Waals surface area contributed by atoms with Crippen molar-refractivity contribution in [3.8, 4) is 11.5 Å². The average Bonchev–Trinajstić information content (AvgIpc) is 2.75. The summed E-state index contributed by atoms with van der Waals surface area (Å²) in [4.78, 5) is 0. The number of fused-ring (bicyclic) bond motifs is 1. The van der Waals surface area contributed by atoms with Crippen molar-refractivity contribution in [2.75, 3.05) is 13.3 Å². The lowest BCUT2D eigenvalue weighted by Gasteiger charge is -2.29. The fourth-order valence-corrected chi connectivity index (χ4v) is 1.78. The lowest BCUT2D eigenvalue weighted by Crippen LogP contribution is -2.33. The Morgan fingerprint density at radius 2 is 1.94 bits per heavy atom. The first-order chi connectivity index (χ1) is 8.49. The highest BCUT2D eigenvalue weighted by atomic mass is 16.7. The van der Waals surface area contributed by atoms with Crippen molar-refractivity contribution in [3.63, 3.8) is 0 Å². The molecule has 3 nitrogen and oxygen atoms in total. The van der Waals surface area contributed by atoms with Gasteiger partial charge in [0.25, 0.3) is 0 Å². The Kier molecular flexibility index (Phi) is 3.81. The molecule has 0 spiro atoms. The van der Waals surface area contributed by atoms with Crippen molar-refractivity contribution in [1.29, 1.82) is 0 Å². The van der Waals surface area contributed by atoms with E-state index in [-0.39, 0.29) is 0 Å². The standard InChI is InChI=1S/C15H23NO2/c1-11(2)15(3,4)9-16-8-12-5-6-13-14(7-12)18-10-17-13/h5-7,11,16H,8-10H2,1-4H3. The van der Waals surface area contributed by atoms with Crippen LogP contribution in [0.5, 0.6) is 11.5 Å². The van der Waals surface area contributed by atoms with Crippen LogP contribution < -0.4 is 14.8 Å². The first-order valence-corrected chi connectivity index (χ1v) is 6.58. The smallest absolute Gasteiger partial charge is 0.231 e. The van der Waals surface area contributed by atoms with Gasteiger partial charge in [-0.1, -0.05) is 33.8 Å². The molecule has 0 amide bonds. The molecule has 1 aromatic rings. The van der Waals surface area contributed by atoms with Crippen LogP contribution in [0.4, 0.5) is 0 Å². The van der Waals surface area contributed by atoms with Gasteiger partial charge < -0.3 is 14.8 Å². The Labute approximate surface area is 109 Å². The summed E-state index contributed by atoms with van der Waals surface area (Å²) in [5.41, 5.74) is 1.55. The zero-order valence-corrected chi connectivity index (χ0v) is 11.7. The monoisotopic (exact) mass is 249 g/mol. The number of hydrogen-bond acceptors (Lipinski definition) is 3. The van der Waals surface area contributed by atoms with E-state index in [9.17, 15) is 0 Å². The van der Waals surface area contributed by atoms with Crippen molar-refractivity contribution in [1.82, 2.24) is 5.32 Å². The highest BCUT2D eigenvalue weighted by Crippen LogP contribution is 2.32. The molecule has 1 aliphatic heterocycles. The van der Waals surface area contributed by atoms with Crippen LogP contribution in [-0.4, -0.2) is 13.3 Å². The molecule has 0 aromatic heterocycles. The minimum atomic E-state index is 0.316. The normalized spacial score (nSPS) is 14.3. The van der Waals surface area contributed by atoms with Gasteiger partial charge in [-0.25, -0.2) is 0 Å². The van der Waals surface area contributed by atoms with Crippen molar-refractivity contribution >= 4 is 0 Å². The van der Waals surface area contributed by atoms with E-state index in [1.54, 1.807) is 0 Å². The van der Waals surface area contributed by atoms with Gasteiger partial charge in [0.05, 0.1) is 0 Å². The molecular weight excluding hydrogens is 226 g/mol. The summed E-state index contributed by atoms with van der Waals surface area (Å²) >= 11 is 0. The maximum Gasteiger partial charge on any atom is 0.231 e. The van der Waals surface area contributed by atoms with E-state index in [0.29, 0.717) is 18.1 Å². The van der Waals surface area contributed by atoms with Gasteiger partial charge in [-0.3, -0.25) is 0 Å². The summed E-state index contributed by atoms with van der Waals surface area (Å²) in [5, 5.41) is 3.52. The molecule has 1 aromatic carbocycles. The highest BCUT2D eigenvalue weighted by Gasteiger charge is 2.21. The van der Waals surface area contributed by atoms with E-state index in [1.165, 1.54) is 5.56 Å². The summed E-state index contributed by atoms with van der Waals surface area (Å²) in [6.07, 6.45) is 0. The predicted molar refractivity (Wildman–Crippen MR) is 72.9 cm³/mol. The molecule has 0 aliphatic carbocycles. The molecule has 1 N–H and O–H groups in total. The van der Waals surface area contributed by atoms with Gasteiger partial charge in [-0.15, -0.1) is 0 Å². The Morgan fingerprint density at radius 1 is 1.22 bits per heavy atom. The molecule has 0 unspecified atom stereocenters. The van der Waals surface area contributed by atoms with Crippen molar-refractivity contribution in [2.45, 2.75) is 34.2 Å². The second kappa shape index (κ2) is 5.19. The van der Waals surface area contributed by atoms with E-state index in [0.717, 1.165) is 24.6 Å². The topological polar surface area (TPSA) is 30.5 Å². The molecule has 0 saturated carbocycles. The molecule has 100 valence electrons. The van der Waals surface area contributed by atoms with Gasteiger partial charge >= 0.3 is 0 Å². The maximum absolute atomic E-state index is 5.37. The number of rotatable bonds is 5. The molecule has 1 heterocycles. The number of nitrogens with one attached hydrogen (secondary N) is 1. The van der Waals surface area contributed by atoms with Crippen LogP contribution in [0.15, 0.2) is 18.2 Å². The lowest BCUT2D eigenvalue weighted by atomic mass is 9.81. The average molecular weight is 249 g/mol. The number of ether oxygens (including phenoxy) is 2. The van der Waals surface area contributed by atoms with Crippen molar-refractivity contribution in [3.05, 3.63) is 23.8 Å². The lowest BCUT2D eigenvalue weighted by molar-refractivity contribution is 0.174. The van der Waals surface area contributed by atoms with Crippen LogP contribution in [0.2, 0.25) is 0 Å². The molecule has 0 bridgehead atoms. The Bertz CT molecular complexity index is 413. The van der Waals surface area contributed by atoms with Gasteiger partial charge in [0, 0.05) is 13.1 Å². The Balaban J connectivity index is 1.87. The molecule has 18 heavy (non-hydrogen) atoms. The fourth-order valence-electron chi connectivity index (χ4n) is 1.78. The van der Waals surface area contributed by atoms with E-state index in [4.69, 9.17) is 9.47 Å². The predicted octanol–water partition coefficient (Wildman–Crippen LogP) is 3.19. The zero-order valence-electron chi connectivity index (χ0n) is 11.7. The van der Waals surface area contributed by atoms with E-state index >= 15 is 0 Å². The van der Waals surface area contributed by atoms with E-state index < -0.39 is 0 Å². The number of benzene rings is 1. The summed E-state index contributed by atoms with van der Waals surface area (Å²) in [6, 6.07) is 6.12. The molecule has 1 aliphatic rings. The Hall–Kier alpha value is -1.22. The minimum absolute atomic E-state index is 0.316. The van der Waals surface area contributed by atoms with Crippen LogP contribution in [0.25, 0.3) is 0 Å². The summed E-state index contributed by atoms with van der Waals surface area (Å²) in [7, 11) is 0. The third-order valence-corrected chi connectivity index (χ3v) is 3.91. The zero-order chi connectivity index (χ0) is 13.2. The third-order valence-electron chi connectivity index (χ3n) is 3.91. The fraction of sp³-hybridized carbons (Fsp3) is 0.600. The van der Waals surface area contributed by atoms with E-state index in [1.807, 2.05) is 6.07 Å². The van der Waals surface area contributed by atoms with Crippen molar-refractivity contribution in [2.24, 2.45) is 11.3 Å². The molecule has 3 heteroatoms. The van der Waals surface area contributed by atoms with Crippen LogP contribution in [0.3, 0.4) is 0 Å². The summed E-state index contributed by atoms with van der Waals surface area (Å²) in [6.45, 7) is 11.3. The van der Waals surface area contributed by atoms with Crippen LogP contribution in [0.1, 0.15) is 33.3 Å². The van der Waals surface area contributed by atoms with Crippen LogP contribution in [0, 0.1) is 11.3 Å². The van der Waals surface area contributed by atoms with Crippen LogP contribution >= 0.6 is 0 Å². The summed E-state index contributed by atoms with van der Waals surface area (Å²) in [5.74, 6) is 2.38. The second-order valence-corrected chi connectivity index (χ2v) is 5.93. The maximum atomic E-state index is 5.37. The molecule has 0 saturated heterocycles. The van der Waals surface area contributed by atoms with Gasteiger partial charge in [0.2, 0.25) is 6.79 Å². The highest BCUT2D eigenvalue weighted by molar-refractivity contribution is 5.44. The largest absolute Gasteiger partial charge is 0.454 e. The molecule has 0 radical (unpaired) electrons. The van der Waals surface area contributed by atoms with Gasteiger partial charge in [-0.2, -0.15) is 0 Å². The van der Waals surface area contributed by atoms with Gasteiger partial charge in [0.1, 0.15) is 0 Å². The SMILES string of the molecule is CC(C)C(C)(C)CNCc1ccc2c(c1)OCO2. The Morgan fingerprint density at radius 3 is 2.67 bits per heavy atom.